The lowest BCUT2D eigenvalue weighted by Gasteiger charge is -2.21. The molecule has 1 unspecified atom stereocenters. The third-order valence-corrected chi connectivity index (χ3v) is 3.57. The van der Waals surface area contributed by atoms with Gasteiger partial charge in [-0.2, -0.15) is 0 Å². The third-order valence-electron chi connectivity index (χ3n) is 3.57. The van der Waals surface area contributed by atoms with E-state index < -0.39 is 0 Å². The number of amides is 1. The summed E-state index contributed by atoms with van der Waals surface area (Å²) in [6, 6.07) is 7.26. The van der Waals surface area contributed by atoms with Gasteiger partial charge in [-0.25, -0.2) is 0 Å². The molecule has 1 amide bonds. The van der Waals surface area contributed by atoms with E-state index in [-0.39, 0.29) is 18.6 Å². The zero-order chi connectivity index (χ0) is 15.1. The topological polar surface area (TPSA) is 52.6 Å². The molecular formula is C17H22N2O2. The maximum atomic E-state index is 12.1. The van der Waals surface area contributed by atoms with Gasteiger partial charge < -0.3 is 15.3 Å². The molecule has 0 aromatic heterocycles. The molecule has 4 heteroatoms. The van der Waals surface area contributed by atoms with E-state index >= 15 is 0 Å². The van der Waals surface area contributed by atoms with Crippen LogP contribution in [-0.4, -0.2) is 48.2 Å². The van der Waals surface area contributed by atoms with E-state index in [0.717, 1.165) is 25.2 Å². The van der Waals surface area contributed by atoms with Crippen LogP contribution < -0.4 is 5.32 Å². The van der Waals surface area contributed by atoms with E-state index in [2.05, 4.69) is 22.1 Å². The van der Waals surface area contributed by atoms with Gasteiger partial charge in [0.1, 0.15) is 6.61 Å². The summed E-state index contributed by atoms with van der Waals surface area (Å²) in [5.74, 6) is 5.34. The van der Waals surface area contributed by atoms with Crippen molar-refractivity contribution in [3.05, 3.63) is 35.4 Å². The van der Waals surface area contributed by atoms with Crippen molar-refractivity contribution in [2.75, 3.05) is 26.2 Å². The van der Waals surface area contributed by atoms with Gasteiger partial charge in [0, 0.05) is 23.7 Å². The van der Waals surface area contributed by atoms with E-state index in [4.69, 9.17) is 5.11 Å². The molecule has 0 aliphatic carbocycles. The molecule has 0 saturated carbocycles. The van der Waals surface area contributed by atoms with Crippen LogP contribution in [0.2, 0.25) is 0 Å². The first-order chi connectivity index (χ1) is 10.2. The molecule has 0 bridgehead atoms. The van der Waals surface area contributed by atoms with Crippen LogP contribution in [0.5, 0.6) is 0 Å². The number of hydrogen-bond acceptors (Lipinski definition) is 3. The van der Waals surface area contributed by atoms with Crippen LogP contribution in [0.1, 0.15) is 35.7 Å². The van der Waals surface area contributed by atoms with Crippen molar-refractivity contribution in [2.45, 2.75) is 25.8 Å². The van der Waals surface area contributed by atoms with Crippen molar-refractivity contribution in [1.29, 1.82) is 0 Å². The monoisotopic (exact) mass is 286 g/mol. The second kappa shape index (κ2) is 7.82. The fourth-order valence-corrected chi connectivity index (χ4v) is 2.55. The SMILES string of the molecule is CC(CN1CCCC1)NC(=O)c1ccc(C#CCO)cc1. The normalized spacial score (nSPS) is 16.1. The molecule has 1 aromatic carbocycles. The Morgan fingerprint density at radius 3 is 2.62 bits per heavy atom. The molecule has 1 heterocycles. The van der Waals surface area contributed by atoms with Gasteiger partial charge in [0.15, 0.2) is 0 Å². The number of carbonyl (C=O) groups is 1. The number of nitrogens with zero attached hydrogens (tertiary/aromatic N) is 1. The Hall–Kier alpha value is -1.83. The minimum Gasteiger partial charge on any atom is -0.384 e. The molecule has 0 spiro atoms. The van der Waals surface area contributed by atoms with E-state index in [1.807, 2.05) is 6.92 Å². The summed E-state index contributed by atoms with van der Waals surface area (Å²) in [6.45, 7) is 5.07. The van der Waals surface area contributed by atoms with Gasteiger partial charge in [0.2, 0.25) is 0 Å². The van der Waals surface area contributed by atoms with Crippen molar-refractivity contribution in [3.63, 3.8) is 0 Å². The highest BCUT2D eigenvalue weighted by atomic mass is 16.2. The minimum atomic E-state index is -0.156. The fraction of sp³-hybridized carbons (Fsp3) is 0.471. The largest absolute Gasteiger partial charge is 0.384 e. The molecule has 4 nitrogen and oxygen atoms in total. The lowest BCUT2D eigenvalue weighted by atomic mass is 10.1. The predicted molar refractivity (Wildman–Crippen MR) is 83.0 cm³/mol. The molecule has 1 aromatic rings. The molecule has 2 rings (SSSR count). The number of likely N-dealkylation sites (tertiary alicyclic amines) is 1. The molecule has 1 atom stereocenters. The maximum Gasteiger partial charge on any atom is 0.251 e. The molecule has 112 valence electrons. The van der Waals surface area contributed by atoms with Gasteiger partial charge in [-0.3, -0.25) is 4.79 Å². The molecule has 1 saturated heterocycles. The Labute approximate surface area is 126 Å². The standard InChI is InChI=1S/C17H22N2O2/c1-14(13-19-10-2-3-11-19)18-17(21)16-8-6-15(7-9-16)5-4-12-20/h6-9,14,20H,2-3,10-13H2,1H3,(H,18,21). The number of rotatable bonds is 4. The first kappa shape index (κ1) is 15.6. The van der Waals surface area contributed by atoms with Crippen molar-refractivity contribution in [2.24, 2.45) is 0 Å². The van der Waals surface area contributed by atoms with E-state index in [1.54, 1.807) is 24.3 Å². The second-order valence-corrected chi connectivity index (χ2v) is 5.42. The fourth-order valence-electron chi connectivity index (χ4n) is 2.55. The maximum absolute atomic E-state index is 12.1. The zero-order valence-corrected chi connectivity index (χ0v) is 12.4. The number of aliphatic hydroxyl groups excluding tert-OH is 1. The van der Waals surface area contributed by atoms with Gasteiger partial charge in [-0.1, -0.05) is 11.8 Å². The zero-order valence-electron chi connectivity index (χ0n) is 12.4. The van der Waals surface area contributed by atoms with Crippen molar-refractivity contribution < 1.29 is 9.90 Å². The highest BCUT2D eigenvalue weighted by Crippen LogP contribution is 2.08. The van der Waals surface area contributed by atoms with Gasteiger partial charge in [-0.05, 0) is 57.1 Å². The Bertz CT molecular complexity index is 522. The number of nitrogens with one attached hydrogen (secondary N) is 1. The van der Waals surface area contributed by atoms with Gasteiger partial charge in [-0.15, -0.1) is 0 Å². The molecule has 1 aliphatic rings. The Morgan fingerprint density at radius 2 is 2.00 bits per heavy atom. The van der Waals surface area contributed by atoms with Crippen LogP contribution in [0.4, 0.5) is 0 Å². The van der Waals surface area contributed by atoms with Crippen LogP contribution in [0, 0.1) is 11.8 Å². The van der Waals surface area contributed by atoms with Gasteiger partial charge in [0.25, 0.3) is 5.91 Å². The molecule has 0 radical (unpaired) electrons. The predicted octanol–water partition coefficient (Wildman–Crippen LogP) is 1.24. The Morgan fingerprint density at radius 1 is 1.33 bits per heavy atom. The summed E-state index contributed by atoms with van der Waals surface area (Å²) >= 11 is 0. The first-order valence-electron chi connectivity index (χ1n) is 7.42. The van der Waals surface area contributed by atoms with Gasteiger partial charge >= 0.3 is 0 Å². The highest BCUT2D eigenvalue weighted by molar-refractivity contribution is 5.94. The molecule has 1 aliphatic heterocycles. The highest BCUT2D eigenvalue weighted by Gasteiger charge is 2.16. The second-order valence-electron chi connectivity index (χ2n) is 5.42. The summed E-state index contributed by atoms with van der Waals surface area (Å²) in [5.41, 5.74) is 1.43. The number of carbonyl (C=O) groups excluding carboxylic acids is 1. The summed E-state index contributed by atoms with van der Waals surface area (Å²) in [6.07, 6.45) is 2.52. The van der Waals surface area contributed by atoms with Crippen LogP contribution in [0.3, 0.4) is 0 Å². The van der Waals surface area contributed by atoms with Crippen molar-refractivity contribution in [1.82, 2.24) is 10.2 Å². The molecule has 21 heavy (non-hydrogen) atoms. The Balaban J connectivity index is 1.87. The van der Waals surface area contributed by atoms with Crippen LogP contribution in [0.15, 0.2) is 24.3 Å². The lowest BCUT2D eigenvalue weighted by molar-refractivity contribution is 0.0932. The smallest absolute Gasteiger partial charge is 0.251 e. The lowest BCUT2D eigenvalue weighted by Crippen LogP contribution is -2.41. The molecule has 2 N–H and O–H groups in total. The molecular weight excluding hydrogens is 264 g/mol. The van der Waals surface area contributed by atoms with Crippen LogP contribution >= 0.6 is 0 Å². The average molecular weight is 286 g/mol. The van der Waals surface area contributed by atoms with Crippen LogP contribution in [-0.2, 0) is 0 Å². The minimum absolute atomic E-state index is 0.0524. The number of hydrogen-bond donors (Lipinski definition) is 2. The quantitative estimate of drug-likeness (QED) is 0.819. The van der Waals surface area contributed by atoms with E-state index in [1.165, 1.54) is 12.8 Å². The number of benzene rings is 1. The third kappa shape index (κ3) is 4.89. The van der Waals surface area contributed by atoms with Crippen molar-refractivity contribution >= 4 is 5.91 Å². The van der Waals surface area contributed by atoms with E-state index in [0.29, 0.717) is 5.56 Å². The Kier molecular flexibility index (Phi) is 5.79. The first-order valence-corrected chi connectivity index (χ1v) is 7.42. The summed E-state index contributed by atoms with van der Waals surface area (Å²) in [4.78, 5) is 14.5. The number of aliphatic hydroxyl groups is 1. The van der Waals surface area contributed by atoms with Crippen LogP contribution in [0.25, 0.3) is 0 Å². The average Bonchev–Trinajstić information content (AvgIpc) is 2.98. The summed E-state index contributed by atoms with van der Waals surface area (Å²) < 4.78 is 0. The van der Waals surface area contributed by atoms with Gasteiger partial charge in [0.05, 0.1) is 0 Å². The van der Waals surface area contributed by atoms with E-state index in [9.17, 15) is 4.79 Å². The van der Waals surface area contributed by atoms with Crippen molar-refractivity contribution in [3.8, 4) is 11.8 Å². The summed E-state index contributed by atoms with van der Waals surface area (Å²) in [5, 5.41) is 11.7. The summed E-state index contributed by atoms with van der Waals surface area (Å²) in [7, 11) is 0. The molecule has 1 fully saturated rings.